The molecule has 4 N–H and O–H groups in total. The average molecular weight is 335 g/mol. The normalized spacial score (nSPS) is 26.8. The van der Waals surface area contributed by atoms with Crippen molar-refractivity contribution in [3.05, 3.63) is 6.33 Å². The van der Waals surface area contributed by atoms with E-state index in [-0.39, 0.29) is 23.7 Å². The fraction of sp³-hybridized carbons (Fsp3) is 0.500. The van der Waals surface area contributed by atoms with Gasteiger partial charge in [-0.15, -0.1) is 6.42 Å². The largest absolute Gasteiger partial charge is 0.856 e. The van der Waals surface area contributed by atoms with E-state index in [0.717, 1.165) is 0 Å². The maximum atomic E-state index is 12.0. The van der Waals surface area contributed by atoms with Crippen LogP contribution in [-0.4, -0.2) is 56.3 Å². The van der Waals surface area contributed by atoms with Crippen LogP contribution in [0.15, 0.2) is 6.33 Å². The van der Waals surface area contributed by atoms with Gasteiger partial charge in [-0.05, 0) is 0 Å². The Morgan fingerprint density at radius 1 is 1.58 bits per heavy atom. The second kappa shape index (κ2) is 6.21. The van der Waals surface area contributed by atoms with Crippen LogP contribution in [0, 0.1) is 12.3 Å². The molecule has 0 aliphatic carbocycles. The van der Waals surface area contributed by atoms with Crippen molar-refractivity contribution >= 4 is 17.1 Å². The van der Waals surface area contributed by atoms with Crippen molar-refractivity contribution in [3.63, 3.8) is 0 Å². The highest BCUT2D eigenvalue weighted by Gasteiger charge is 2.48. The number of imidazole rings is 1. The van der Waals surface area contributed by atoms with Gasteiger partial charge in [0.15, 0.2) is 11.8 Å². The summed E-state index contributed by atoms with van der Waals surface area (Å²) in [7, 11) is 1.64. The highest BCUT2D eigenvalue weighted by Crippen LogP contribution is 2.30. The molecule has 0 saturated carbocycles. The number of nitrogens with two attached hydrogens (primary N) is 1. The minimum atomic E-state index is -1.10. The Labute approximate surface area is 137 Å². The molecule has 128 valence electrons. The molecular formula is C14H17N5O5. The number of rotatable bonds is 4. The highest BCUT2D eigenvalue weighted by molar-refractivity contribution is 5.74. The molecule has 0 spiro atoms. The fourth-order valence-electron chi connectivity index (χ4n) is 2.83. The van der Waals surface area contributed by atoms with E-state index in [1.165, 1.54) is 9.13 Å². The van der Waals surface area contributed by atoms with Gasteiger partial charge in [-0.1, -0.05) is 10.9 Å². The number of aliphatic hydroxyl groups excluding tert-OH is 2. The number of terminal acetylenes is 1. The molecular weight excluding hydrogens is 318 g/mol. The Balaban J connectivity index is 2.09. The first kappa shape index (κ1) is 16.4. The number of nitrogens with zero attached hydrogens (tertiary/aromatic N) is 4. The molecule has 0 radical (unpaired) electrons. The second-order valence-electron chi connectivity index (χ2n) is 5.41. The zero-order valence-electron chi connectivity index (χ0n) is 12.9. The summed E-state index contributed by atoms with van der Waals surface area (Å²) in [6.07, 6.45) is 3.12. The van der Waals surface area contributed by atoms with Crippen molar-refractivity contribution in [2.75, 3.05) is 18.9 Å². The van der Waals surface area contributed by atoms with Gasteiger partial charge < -0.3 is 30.5 Å². The number of fused-ring (bicyclic) bond motifs is 1. The van der Waals surface area contributed by atoms with Crippen LogP contribution in [0.2, 0.25) is 0 Å². The van der Waals surface area contributed by atoms with Crippen LogP contribution in [0.1, 0.15) is 6.23 Å². The van der Waals surface area contributed by atoms with E-state index in [2.05, 4.69) is 15.9 Å². The molecule has 0 unspecified atom stereocenters. The van der Waals surface area contributed by atoms with Crippen molar-refractivity contribution in [2.24, 2.45) is 7.05 Å². The zero-order chi connectivity index (χ0) is 17.4. The number of aryl methyl sites for hydroxylation is 1. The summed E-state index contributed by atoms with van der Waals surface area (Å²) in [4.78, 5) is 7.69. The molecule has 0 bridgehead atoms. The summed E-state index contributed by atoms with van der Waals surface area (Å²) in [5.74, 6) is 1.61. The Bertz CT molecular complexity index is 801. The van der Waals surface area contributed by atoms with Crippen LogP contribution < -0.4 is 15.4 Å². The number of anilines is 1. The summed E-state index contributed by atoms with van der Waals surface area (Å²) >= 11 is 0. The monoisotopic (exact) mass is 335 g/mol. The lowest BCUT2D eigenvalue weighted by Gasteiger charge is -2.18. The van der Waals surface area contributed by atoms with Gasteiger partial charge in [0, 0.05) is 5.88 Å². The molecule has 3 heterocycles. The van der Waals surface area contributed by atoms with Crippen LogP contribution in [0.4, 0.5) is 5.95 Å². The molecule has 3 rings (SSSR count). The quantitative estimate of drug-likeness (QED) is 0.401. The Morgan fingerprint density at radius 2 is 2.33 bits per heavy atom. The van der Waals surface area contributed by atoms with E-state index in [4.69, 9.17) is 21.6 Å². The standard InChI is InChI=1S/C14H17N5O5/c1-3-4-23-10-9(21)7(5-20)24-13(10)19-6-18(2)8-11(19)16-14(15)17-12(8)22/h1,6-7,9-10,13,20-21H,4-5H2,2H3,(H2-,15,16,17,22)/t7-,9-,10-,13-/m1/s1. The van der Waals surface area contributed by atoms with Crippen molar-refractivity contribution in [1.29, 1.82) is 0 Å². The third-order valence-corrected chi connectivity index (χ3v) is 3.87. The van der Waals surface area contributed by atoms with Crippen molar-refractivity contribution in [3.8, 4) is 18.2 Å². The van der Waals surface area contributed by atoms with Crippen LogP contribution in [0.25, 0.3) is 11.2 Å². The molecule has 1 saturated heterocycles. The van der Waals surface area contributed by atoms with E-state index in [0.29, 0.717) is 0 Å². The fourth-order valence-corrected chi connectivity index (χ4v) is 2.83. The molecule has 1 fully saturated rings. The van der Waals surface area contributed by atoms with Gasteiger partial charge in [-0.25, -0.2) is 9.55 Å². The minimum absolute atomic E-state index is 0.0466. The third-order valence-electron chi connectivity index (χ3n) is 3.87. The summed E-state index contributed by atoms with van der Waals surface area (Å²) in [6.45, 7) is -0.447. The van der Waals surface area contributed by atoms with Crippen molar-refractivity contribution < 1.29 is 29.4 Å². The lowest BCUT2D eigenvalue weighted by Crippen LogP contribution is -2.47. The average Bonchev–Trinajstić information content (AvgIpc) is 3.02. The first-order valence-corrected chi connectivity index (χ1v) is 7.18. The Morgan fingerprint density at radius 3 is 3.00 bits per heavy atom. The first-order valence-electron chi connectivity index (χ1n) is 7.18. The molecule has 0 amide bonds. The van der Waals surface area contributed by atoms with Gasteiger partial charge >= 0.3 is 5.65 Å². The molecule has 10 nitrogen and oxygen atoms in total. The number of aliphatic hydroxyl groups is 2. The van der Waals surface area contributed by atoms with E-state index in [9.17, 15) is 15.3 Å². The number of hydrogen-bond acceptors (Lipinski definition) is 8. The molecule has 0 aromatic carbocycles. The van der Waals surface area contributed by atoms with Crippen LogP contribution in [0.5, 0.6) is 5.88 Å². The minimum Gasteiger partial charge on any atom is -0.856 e. The summed E-state index contributed by atoms with van der Waals surface area (Å²) < 4.78 is 14.2. The maximum Gasteiger partial charge on any atom is 0.309 e. The predicted octanol–water partition coefficient (Wildman–Crippen LogP) is -2.82. The van der Waals surface area contributed by atoms with Gasteiger partial charge in [0.1, 0.15) is 24.9 Å². The van der Waals surface area contributed by atoms with Gasteiger partial charge in [0.05, 0.1) is 13.7 Å². The van der Waals surface area contributed by atoms with Crippen LogP contribution in [0.3, 0.4) is 0 Å². The van der Waals surface area contributed by atoms with E-state index in [1.807, 2.05) is 0 Å². The Kier molecular flexibility index (Phi) is 4.25. The van der Waals surface area contributed by atoms with Crippen molar-refractivity contribution in [1.82, 2.24) is 14.5 Å². The maximum absolute atomic E-state index is 12.0. The van der Waals surface area contributed by atoms with E-state index >= 15 is 0 Å². The van der Waals surface area contributed by atoms with E-state index in [1.54, 1.807) is 13.4 Å². The van der Waals surface area contributed by atoms with Crippen LogP contribution in [-0.2, 0) is 16.5 Å². The molecule has 10 heteroatoms. The second-order valence-corrected chi connectivity index (χ2v) is 5.41. The molecule has 2 aromatic rings. The summed E-state index contributed by atoms with van der Waals surface area (Å²) in [5, 5.41) is 31.7. The molecule has 1 aliphatic rings. The van der Waals surface area contributed by atoms with Gasteiger partial charge in [0.2, 0.25) is 6.23 Å². The summed E-state index contributed by atoms with van der Waals surface area (Å²) in [5.41, 5.74) is 6.03. The topological polar surface area (TPSA) is 143 Å². The molecule has 1 aliphatic heterocycles. The lowest BCUT2D eigenvalue weighted by molar-refractivity contribution is -0.746. The zero-order valence-corrected chi connectivity index (χ0v) is 12.9. The first-order chi connectivity index (χ1) is 11.5. The smallest absolute Gasteiger partial charge is 0.309 e. The Hall–Kier alpha value is -2.45. The van der Waals surface area contributed by atoms with Gasteiger partial charge in [0.25, 0.3) is 5.95 Å². The number of hydrogen-bond donors (Lipinski definition) is 3. The molecule has 24 heavy (non-hydrogen) atoms. The lowest BCUT2D eigenvalue weighted by atomic mass is 10.1. The number of nitrogen functional groups attached to an aromatic ring is 1. The van der Waals surface area contributed by atoms with Gasteiger partial charge in [-0.2, -0.15) is 0 Å². The SMILES string of the molecule is C#CCO[C@@H]1[C@H](O)[C@@H](CO)O[C@H]1[n+]1cn(C)c2c([O-])nc(N)nc21. The van der Waals surface area contributed by atoms with Gasteiger partial charge in [-0.3, -0.25) is 4.57 Å². The highest BCUT2D eigenvalue weighted by atomic mass is 16.6. The molecule has 2 aromatic heterocycles. The number of ether oxygens (including phenoxy) is 2. The third kappa shape index (κ3) is 2.53. The van der Waals surface area contributed by atoms with Crippen molar-refractivity contribution in [2.45, 2.75) is 24.5 Å². The van der Waals surface area contributed by atoms with E-state index < -0.39 is 37.0 Å². The van der Waals surface area contributed by atoms with Crippen LogP contribution >= 0.6 is 0 Å². The number of aromatic nitrogens is 4. The summed E-state index contributed by atoms with van der Waals surface area (Å²) in [6, 6.07) is 0. The molecule has 4 atom stereocenters. The predicted molar refractivity (Wildman–Crippen MR) is 78.1 cm³/mol.